The first-order valence-electron chi connectivity index (χ1n) is 10.8. The number of halogens is 4. The van der Waals surface area contributed by atoms with Gasteiger partial charge >= 0.3 is 6.18 Å². The summed E-state index contributed by atoms with van der Waals surface area (Å²) < 4.78 is 60.4. The minimum Gasteiger partial charge on any atom is -0.389 e. The van der Waals surface area contributed by atoms with Crippen molar-refractivity contribution >= 4 is 33.3 Å². The number of hydrogen-bond donors (Lipinski definition) is 2. The predicted molar refractivity (Wildman–Crippen MR) is 117 cm³/mol. The highest BCUT2D eigenvalue weighted by Gasteiger charge is 2.36. The van der Waals surface area contributed by atoms with E-state index in [0.717, 1.165) is 17.4 Å². The molecule has 2 N–H and O–H groups in total. The number of nitrogens with one attached hydrogen (secondary N) is 1. The van der Waals surface area contributed by atoms with Crippen LogP contribution in [0.25, 0.3) is 10.2 Å². The van der Waals surface area contributed by atoms with Crippen molar-refractivity contribution in [1.82, 2.24) is 15.2 Å². The molecule has 0 spiro atoms. The quantitative estimate of drug-likeness (QED) is 0.607. The first kappa shape index (κ1) is 24.1. The second-order valence-corrected chi connectivity index (χ2v) is 9.21. The van der Waals surface area contributed by atoms with Gasteiger partial charge in [0.15, 0.2) is 0 Å². The molecule has 2 atom stereocenters. The summed E-state index contributed by atoms with van der Waals surface area (Å²) in [6.07, 6.45) is -5.57. The third-order valence-corrected chi connectivity index (χ3v) is 7.11. The van der Waals surface area contributed by atoms with Crippen molar-refractivity contribution in [1.29, 1.82) is 0 Å². The van der Waals surface area contributed by atoms with Gasteiger partial charge in [0.2, 0.25) is 0 Å². The van der Waals surface area contributed by atoms with Gasteiger partial charge < -0.3 is 20.1 Å². The molecule has 0 bridgehead atoms. The average Bonchev–Trinajstić information content (AvgIpc) is 3.35. The maximum atomic E-state index is 13.7. The number of hydrogen-bond acceptors (Lipinski definition) is 7. The number of aliphatic hydroxyl groups is 1. The van der Waals surface area contributed by atoms with Gasteiger partial charge in [-0.15, -0.1) is 11.3 Å². The lowest BCUT2D eigenvalue weighted by atomic mass is 10.1. The lowest BCUT2D eigenvalue weighted by Gasteiger charge is -2.33. The molecule has 12 heteroatoms. The van der Waals surface area contributed by atoms with Crippen molar-refractivity contribution in [3.63, 3.8) is 0 Å². The van der Waals surface area contributed by atoms with Gasteiger partial charge in [0.05, 0.1) is 40.2 Å². The zero-order valence-corrected chi connectivity index (χ0v) is 18.9. The van der Waals surface area contributed by atoms with Crippen LogP contribution in [0.1, 0.15) is 28.8 Å². The Morgan fingerprint density at radius 3 is 2.67 bits per heavy atom. The molecular formula is C21H26F4N4O3S. The van der Waals surface area contributed by atoms with Crippen molar-refractivity contribution in [3.05, 3.63) is 22.6 Å². The van der Waals surface area contributed by atoms with E-state index in [9.17, 15) is 27.5 Å². The Morgan fingerprint density at radius 2 is 2.06 bits per heavy atom. The van der Waals surface area contributed by atoms with Gasteiger partial charge in [-0.05, 0) is 18.9 Å². The predicted octanol–water partition coefficient (Wildman–Crippen LogP) is 2.67. The number of nitrogens with zero attached hydrogens (tertiary/aromatic N) is 3. The third kappa shape index (κ3) is 5.23. The molecule has 2 aromatic rings. The Hall–Kier alpha value is -2.02. The number of carbonyl (C=O) groups excluding carboxylic acids is 1. The summed E-state index contributed by atoms with van der Waals surface area (Å²) in [7, 11) is 1.42. The number of pyridine rings is 1. The van der Waals surface area contributed by atoms with E-state index in [0.29, 0.717) is 45.6 Å². The van der Waals surface area contributed by atoms with E-state index in [1.54, 1.807) is 4.90 Å². The maximum Gasteiger partial charge on any atom is 0.417 e. The van der Waals surface area contributed by atoms with Crippen LogP contribution in [0, 0.1) is 0 Å². The number of ether oxygens (including phenoxy) is 1. The summed E-state index contributed by atoms with van der Waals surface area (Å²) in [4.78, 5) is 20.1. The van der Waals surface area contributed by atoms with Crippen LogP contribution in [-0.4, -0.2) is 85.7 Å². The number of aliphatic hydroxyl groups excluding tert-OH is 1. The number of piperidine rings is 1. The van der Waals surface area contributed by atoms with Gasteiger partial charge in [-0.1, -0.05) is 0 Å². The number of carbonyl (C=O) groups is 1. The standard InChI is InChI=1S/C21H26F4N4O3S/c1-26-20(31)13-11-33-19-14(21(23,24)25)8-17(27-18(13)19)29-4-2-12(3-5-29)32-7-6-28-9-15(22)16(30)10-28/h8,11-12,15-16,30H,2-7,9-10H2,1H3,(H,26,31)/t15-,16-/m0/s1. The Kier molecular flexibility index (Phi) is 7.08. The SMILES string of the molecule is CNC(=O)c1csc2c(C(F)(F)F)cc(N3CCC(OCCN4C[C@H](O)[C@@H](F)C4)CC3)nc12. The monoisotopic (exact) mass is 490 g/mol. The molecule has 0 unspecified atom stereocenters. The van der Waals surface area contributed by atoms with Crippen LogP contribution in [0.2, 0.25) is 0 Å². The Morgan fingerprint density at radius 1 is 1.33 bits per heavy atom. The van der Waals surface area contributed by atoms with Crippen LogP contribution in [0.3, 0.4) is 0 Å². The van der Waals surface area contributed by atoms with E-state index in [2.05, 4.69) is 10.3 Å². The zero-order chi connectivity index (χ0) is 23.8. The molecule has 2 aromatic heterocycles. The molecular weight excluding hydrogens is 464 g/mol. The average molecular weight is 491 g/mol. The van der Waals surface area contributed by atoms with Gasteiger partial charge in [-0.2, -0.15) is 13.2 Å². The molecule has 0 aromatic carbocycles. The highest BCUT2D eigenvalue weighted by molar-refractivity contribution is 7.17. The van der Waals surface area contributed by atoms with E-state index in [1.165, 1.54) is 12.4 Å². The van der Waals surface area contributed by atoms with Crippen LogP contribution in [0.4, 0.5) is 23.4 Å². The zero-order valence-electron chi connectivity index (χ0n) is 18.1. The molecule has 0 radical (unpaired) electrons. The highest BCUT2D eigenvalue weighted by Crippen LogP contribution is 2.40. The number of likely N-dealkylation sites (tertiary alicyclic amines) is 1. The normalized spacial score (nSPS) is 22.9. The van der Waals surface area contributed by atoms with E-state index in [4.69, 9.17) is 4.74 Å². The molecule has 2 aliphatic heterocycles. The smallest absolute Gasteiger partial charge is 0.389 e. The molecule has 0 saturated carbocycles. The summed E-state index contributed by atoms with van der Waals surface area (Å²) in [5.74, 6) is -0.285. The largest absolute Gasteiger partial charge is 0.417 e. The summed E-state index contributed by atoms with van der Waals surface area (Å²) >= 11 is 0.862. The van der Waals surface area contributed by atoms with Crippen molar-refractivity contribution < 1.29 is 32.2 Å². The van der Waals surface area contributed by atoms with E-state index in [-0.39, 0.29) is 34.2 Å². The number of rotatable bonds is 6. The fourth-order valence-electron chi connectivity index (χ4n) is 4.27. The summed E-state index contributed by atoms with van der Waals surface area (Å²) in [6.45, 7) is 2.34. The summed E-state index contributed by atoms with van der Waals surface area (Å²) in [5.41, 5.74) is -0.605. The van der Waals surface area contributed by atoms with E-state index < -0.39 is 29.9 Å². The number of fused-ring (bicyclic) bond motifs is 1. The Balaban J connectivity index is 1.42. The third-order valence-electron chi connectivity index (χ3n) is 6.11. The highest BCUT2D eigenvalue weighted by atomic mass is 32.1. The number of alkyl halides is 4. The van der Waals surface area contributed by atoms with Gasteiger partial charge in [-0.3, -0.25) is 9.69 Å². The molecule has 2 fully saturated rings. The molecule has 7 nitrogen and oxygen atoms in total. The maximum absolute atomic E-state index is 13.7. The molecule has 2 saturated heterocycles. The second kappa shape index (κ2) is 9.69. The van der Waals surface area contributed by atoms with Crippen LogP contribution in [0.5, 0.6) is 0 Å². The topological polar surface area (TPSA) is 77.9 Å². The second-order valence-electron chi connectivity index (χ2n) is 8.33. The number of anilines is 1. The first-order valence-corrected chi connectivity index (χ1v) is 11.7. The van der Waals surface area contributed by atoms with Crippen molar-refractivity contribution in [2.24, 2.45) is 0 Å². The minimum atomic E-state index is -4.57. The number of amides is 1. The number of aromatic nitrogens is 1. The van der Waals surface area contributed by atoms with Crippen molar-refractivity contribution in [2.75, 3.05) is 51.3 Å². The molecule has 33 heavy (non-hydrogen) atoms. The molecule has 4 heterocycles. The fraction of sp³-hybridized carbons (Fsp3) is 0.619. The van der Waals surface area contributed by atoms with Crippen LogP contribution >= 0.6 is 11.3 Å². The van der Waals surface area contributed by atoms with E-state index in [1.807, 2.05) is 4.90 Å². The van der Waals surface area contributed by atoms with Gasteiger partial charge in [0.1, 0.15) is 12.0 Å². The fourth-order valence-corrected chi connectivity index (χ4v) is 5.29. The molecule has 182 valence electrons. The van der Waals surface area contributed by atoms with Gasteiger partial charge in [0, 0.05) is 45.2 Å². The molecule has 0 aliphatic carbocycles. The number of thiophene rings is 1. The van der Waals surface area contributed by atoms with Crippen molar-refractivity contribution in [2.45, 2.75) is 37.4 Å². The Bertz CT molecular complexity index is 984. The van der Waals surface area contributed by atoms with Crippen LogP contribution in [-0.2, 0) is 10.9 Å². The van der Waals surface area contributed by atoms with Gasteiger partial charge in [0.25, 0.3) is 5.91 Å². The molecule has 1 amide bonds. The van der Waals surface area contributed by atoms with Gasteiger partial charge in [-0.25, -0.2) is 9.37 Å². The first-order chi connectivity index (χ1) is 15.7. The van der Waals surface area contributed by atoms with Crippen LogP contribution < -0.4 is 10.2 Å². The van der Waals surface area contributed by atoms with Crippen molar-refractivity contribution in [3.8, 4) is 0 Å². The molecule has 2 aliphatic rings. The van der Waals surface area contributed by atoms with E-state index >= 15 is 0 Å². The lowest BCUT2D eigenvalue weighted by Crippen LogP contribution is -2.38. The Labute approximate surface area is 192 Å². The summed E-state index contributed by atoms with van der Waals surface area (Å²) in [6, 6.07) is 1.06. The molecule has 4 rings (SSSR count). The lowest BCUT2D eigenvalue weighted by molar-refractivity contribution is -0.136. The number of β-amino-alcohol motifs (C(OH)–C–C–N with tert-alkyl or cyclic N) is 1. The summed E-state index contributed by atoms with van der Waals surface area (Å²) in [5, 5.41) is 13.3. The minimum absolute atomic E-state index is 0.0504. The van der Waals surface area contributed by atoms with Crippen LogP contribution in [0.15, 0.2) is 11.4 Å².